The van der Waals surface area contributed by atoms with E-state index < -0.39 is 12.1 Å². The van der Waals surface area contributed by atoms with E-state index in [0.29, 0.717) is 40.1 Å². The van der Waals surface area contributed by atoms with E-state index in [4.69, 9.17) is 27.9 Å². The molecule has 1 fully saturated rings. The van der Waals surface area contributed by atoms with Gasteiger partial charge in [-0.2, -0.15) is 13.2 Å². The van der Waals surface area contributed by atoms with Crippen LogP contribution in [0.25, 0.3) is 5.65 Å². The molecule has 1 aliphatic carbocycles. The van der Waals surface area contributed by atoms with Crippen molar-refractivity contribution in [3.63, 3.8) is 0 Å². The molecule has 0 unspecified atom stereocenters. The number of ether oxygens (including phenoxy) is 1. The number of pyridine rings is 1. The first kappa shape index (κ1) is 20.3. The van der Waals surface area contributed by atoms with Gasteiger partial charge < -0.3 is 4.74 Å². The number of rotatable bonds is 4. The molecule has 3 aromatic rings. The molecule has 2 aromatic heterocycles. The van der Waals surface area contributed by atoms with Gasteiger partial charge in [0.1, 0.15) is 12.4 Å². The van der Waals surface area contributed by atoms with Crippen LogP contribution < -0.4 is 4.74 Å². The van der Waals surface area contributed by atoms with Gasteiger partial charge in [-0.15, -0.1) is 10.2 Å². The SMILES string of the molecule is FC(F)(F)C1CCC(c2nnc3c(COc4c(Cl)cccc4Cl)cccn23)CC1. The molecule has 0 spiro atoms. The molecule has 0 radical (unpaired) electrons. The summed E-state index contributed by atoms with van der Waals surface area (Å²) in [4.78, 5) is 0. The van der Waals surface area contributed by atoms with Gasteiger partial charge in [0.2, 0.25) is 0 Å². The Morgan fingerprint density at radius 1 is 1.00 bits per heavy atom. The molecule has 0 saturated heterocycles. The normalized spacial score (nSPS) is 20.2. The Morgan fingerprint density at radius 3 is 2.34 bits per heavy atom. The summed E-state index contributed by atoms with van der Waals surface area (Å²) in [5.41, 5.74) is 1.40. The number of fused-ring (bicyclic) bond motifs is 1. The van der Waals surface area contributed by atoms with Crippen LogP contribution in [-0.4, -0.2) is 20.8 Å². The molecule has 29 heavy (non-hydrogen) atoms. The second-order valence-corrected chi connectivity index (χ2v) is 8.03. The van der Waals surface area contributed by atoms with E-state index in [1.54, 1.807) is 18.2 Å². The lowest BCUT2D eigenvalue weighted by Crippen LogP contribution is -2.27. The van der Waals surface area contributed by atoms with Crippen LogP contribution in [-0.2, 0) is 6.61 Å². The van der Waals surface area contributed by atoms with Crippen LogP contribution in [0.5, 0.6) is 5.75 Å². The first-order valence-corrected chi connectivity index (χ1v) is 10.1. The third kappa shape index (κ3) is 4.16. The summed E-state index contributed by atoms with van der Waals surface area (Å²) in [5, 5.41) is 9.36. The molecule has 0 aliphatic heterocycles. The topological polar surface area (TPSA) is 39.4 Å². The lowest BCUT2D eigenvalue weighted by atomic mass is 9.81. The van der Waals surface area contributed by atoms with Gasteiger partial charge >= 0.3 is 6.18 Å². The first-order valence-electron chi connectivity index (χ1n) is 9.30. The minimum absolute atomic E-state index is 0.0437. The fraction of sp³-hybridized carbons (Fsp3) is 0.400. The zero-order chi connectivity index (χ0) is 20.6. The van der Waals surface area contributed by atoms with E-state index in [1.165, 1.54) is 0 Å². The lowest BCUT2D eigenvalue weighted by Gasteiger charge is -2.28. The van der Waals surface area contributed by atoms with Crippen LogP contribution in [0, 0.1) is 5.92 Å². The zero-order valence-electron chi connectivity index (χ0n) is 15.3. The molecule has 1 saturated carbocycles. The van der Waals surface area contributed by atoms with Crippen LogP contribution >= 0.6 is 23.2 Å². The Hall–Kier alpha value is -1.99. The number of hydrogen-bond donors (Lipinski definition) is 0. The smallest absolute Gasteiger partial charge is 0.391 e. The van der Waals surface area contributed by atoms with E-state index in [0.717, 1.165) is 5.56 Å². The minimum Gasteiger partial charge on any atom is -0.486 e. The van der Waals surface area contributed by atoms with Crippen molar-refractivity contribution in [1.82, 2.24) is 14.6 Å². The molecule has 0 amide bonds. The number of para-hydroxylation sites is 1. The summed E-state index contributed by atoms with van der Waals surface area (Å²) in [6, 6.07) is 8.81. The molecule has 2 heterocycles. The average Bonchev–Trinajstić information content (AvgIpc) is 3.12. The predicted octanol–water partition coefficient (Wildman–Crippen LogP) is 6.45. The van der Waals surface area contributed by atoms with E-state index in [9.17, 15) is 13.2 Å². The van der Waals surface area contributed by atoms with Gasteiger partial charge in [0.15, 0.2) is 11.4 Å². The van der Waals surface area contributed by atoms with Crippen molar-refractivity contribution >= 4 is 28.8 Å². The highest BCUT2D eigenvalue weighted by molar-refractivity contribution is 6.37. The van der Waals surface area contributed by atoms with Gasteiger partial charge in [-0.1, -0.05) is 35.3 Å². The maximum absolute atomic E-state index is 12.9. The van der Waals surface area contributed by atoms with E-state index in [-0.39, 0.29) is 25.4 Å². The van der Waals surface area contributed by atoms with Gasteiger partial charge in [-0.25, -0.2) is 0 Å². The highest BCUT2D eigenvalue weighted by Gasteiger charge is 2.42. The van der Waals surface area contributed by atoms with Crippen molar-refractivity contribution in [1.29, 1.82) is 0 Å². The monoisotopic (exact) mass is 443 g/mol. The maximum atomic E-state index is 12.9. The van der Waals surface area contributed by atoms with Gasteiger partial charge in [-0.3, -0.25) is 4.40 Å². The third-order valence-corrected chi connectivity index (χ3v) is 5.98. The van der Waals surface area contributed by atoms with Crippen molar-refractivity contribution in [2.24, 2.45) is 5.92 Å². The second kappa shape index (κ2) is 8.03. The van der Waals surface area contributed by atoms with Gasteiger partial charge in [0, 0.05) is 17.7 Å². The minimum atomic E-state index is -4.12. The Balaban J connectivity index is 1.53. The summed E-state index contributed by atoms with van der Waals surface area (Å²) in [6.07, 6.45) is -1.16. The van der Waals surface area contributed by atoms with Crippen LogP contribution in [0.2, 0.25) is 10.0 Å². The summed E-state index contributed by atoms with van der Waals surface area (Å²) >= 11 is 12.3. The average molecular weight is 444 g/mol. The molecular formula is C20H18Cl2F3N3O. The van der Waals surface area contributed by atoms with Crippen molar-refractivity contribution in [3.05, 3.63) is 58.0 Å². The number of hydrogen-bond acceptors (Lipinski definition) is 3. The summed E-state index contributed by atoms with van der Waals surface area (Å²) in [6.45, 7) is 0.187. The number of halogens is 5. The van der Waals surface area contributed by atoms with Crippen LogP contribution in [0.3, 0.4) is 0 Å². The Kier molecular flexibility index (Phi) is 5.62. The molecule has 4 rings (SSSR count). The Morgan fingerprint density at radius 2 is 1.69 bits per heavy atom. The summed E-state index contributed by atoms with van der Waals surface area (Å²) in [5.74, 6) is -0.179. The van der Waals surface area contributed by atoms with Crippen molar-refractivity contribution in [3.8, 4) is 5.75 Å². The number of benzene rings is 1. The van der Waals surface area contributed by atoms with Crippen LogP contribution in [0.1, 0.15) is 43.0 Å². The van der Waals surface area contributed by atoms with Crippen LogP contribution in [0.15, 0.2) is 36.5 Å². The highest BCUT2D eigenvalue weighted by Crippen LogP contribution is 2.42. The molecule has 1 aromatic carbocycles. The summed E-state index contributed by atoms with van der Waals surface area (Å²) < 4.78 is 46.4. The Bertz CT molecular complexity index is 994. The largest absolute Gasteiger partial charge is 0.486 e. The van der Waals surface area contributed by atoms with Gasteiger partial charge in [-0.05, 0) is 43.9 Å². The predicted molar refractivity (Wildman–Crippen MR) is 105 cm³/mol. The standard InChI is InChI=1S/C20H18Cl2F3N3O/c21-15-4-1-5-16(22)17(15)29-11-13-3-2-10-28-18(26-27-19(13)28)12-6-8-14(9-7-12)20(23,24)25/h1-5,10,12,14H,6-9,11H2. The fourth-order valence-corrected chi connectivity index (χ4v) is 4.34. The molecule has 4 nitrogen and oxygen atoms in total. The molecule has 0 N–H and O–H groups in total. The molecule has 154 valence electrons. The fourth-order valence-electron chi connectivity index (χ4n) is 3.83. The molecule has 0 atom stereocenters. The van der Waals surface area contributed by atoms with Gasteiger partial charge in [0.05, 0.1) is 16.0 Å². The van der Waals surface area contributed by atoms with Gasteiger partial charge in [0.25, 0.3) is 0 Å². The number of alkyl halides is 3. The zero-order valence-corrected chi connectivity index (χ0v) is 16.8. The summed E-state index contributed by atoms with van der Waals surface area (Å²) in [7, 11) is 0. The van der Waals surface area contributed by atoms with Crippen molar-refractivity contribution in [2.75, 3.05) is 0 Å². The maximum Gasteiger partial charge on any atom is 0.391 e. The van der Waals surface area contributed by atoms with E-state index in [2.05, 4.69) is 10.2 Å². The number of aromatic nitrogens is 3. The second-order valence-electron chi connectivity index (χ2n) is 7.21. The quantitative estimate of drug-likeness (QED) is 0.464. The Labute approximate surface area is 175 Å². The molecule has 1 aliphatic rings. The van der Waals surface area contributed by atoms with E-state index in [1.807, 2.05) is 22.7 Å². The molecule has 0 bridgehead atoms. The van der Waals surface area contributed by atoms with Crippen molar-refractivity contribution < 1.29 is 17.9 Å². The van der Waals surface area contributed by atoms with Crippen LogP contribution in [0.4, 0.5) is 13.2 Å². The van der Waals surface area contributed by atoms with E-state index >= 15 is 0 Å². The third-order valence-electron chi connectivity index (χ3n) is 5.39. The van der Waals surface area contributed by atoms with Crippen molar-refractivity contribution in [2.45, 2.75) is 44.4 Å². The molecule has 9 heteroatoms. The molecular weight excluding hydrogens is 426 g/mol. The highest BCUT2D eigenvalue weighted by atomic mass is 35.5. The lowest BCUT2D eigenvalue weighted by molar-refractivity contribution is -0.182. The number of nitrogens with zero attached hydrogens (tertiary/aromatic N) is 3. The first-order chi connectivity index (χ1) is 13.8.